The van der Waals surface area contributed by atoms with Crippen LogP contribution in [0.25, 0.3) is 11.5 Å². The van der Waals surface area contributed by atoms with Crippen LogP contribution in [0.1, 0.15) is 39.5 Å². The smallest absolute Gasteiger partial charge is 0.273 e. The maximum Gasteiger partial charge on any atom is 0.273 e. The van der Waals surface area contributed by atoms with E-state index in [0.29, 0.717) is 24.5 Å². The molecule has 1 heterocycles. The molecule has 6 nitrogen and oxygen atoms in total. The van der Waals surface area contributed by atoms with Gasteiger partial charge in [0.25, 0.3) is 5.22 Å². The second-order valence-electron chi connectivity index (χ2n) is 5.53. The zero-order valence-corrected chi connectivity index (χ0v) is 15.7. The zero-order chi connectivity index (χ0) is 17.6. The highest BCUT2D eigenvalue weighted by molar-refractivity contribution is 7.89. The molecule has 0 fully saturated rings. The predicted octanol–water partition coefficient (Wildman–Crippen LogP) is 3.62. The van der Waals surface area contributed by atoms with Crippen LogP contribution in [0, 0.1) is 0 Å². The van der Waals surface area contributed by atoms with Gasteiger partial charge in [0.05, 0.1) is 4.90 Å². The van der Waals surface area contributed by atoms with Crippen LogP contribution in [-0.4, -0.2) is 36.0 Å². The second-order valence-corrected chi connectivity index (χ2v) is 7.85. The summed E-state index contributed by atoms with van der Waals surface area (Å²) in [5, 5.41) is 7.70. The van der Waals surface area contributed by atoms with E-state index in [9.17, 15) is 8.42 Å². The Morgan fingerprint density at radius 1 is 1.04 bits per heavy atom. The second kappa shape index (κ2) is 8.64. The first-order valence-corrected chi connectivity index (χ1v) is 10.0. The van der Waals surface area contributed by atoms with Crippen LogP contribution < -0.4 is 0 Å². The van der Waals surface area contributed by atoms with E-state index in [1.54, 1.807) is 28.6 Å². The molecule has 0 aliphatic rings. The molecule has 24 heavy (non-hydrogen) atoms. The van der Waals surface area contributed by atoms with E-state index in [-0.39, 0.29) is 10.1 Å². The summed E-state index contributed by atoms with van der Waals surface area (Å²) in [6, 6.07) is 6.51. The van der Waals surface area contributed by atoms with E-state index >= 15 is 0 Å². The molecular formula is C16H23N3O3S2. The van der Waals surface area contributed by atoms with Crippen molar-refractivity contribution in [2.24, 2.45) is 0 Å². The Balaban J connectivity index is 2.23. The van der Waals surface area contributed by atoms with Gasteiger partial charge in [0, 0.05) is 18.7 Å². The predicted molar refractivity (Wildman–Crippen MR) is 95.6 cm³/mol. The minimum Gasteiger partial charge on any atom is -0.411 e. The van der Waals surface area contributed by atoms with Gasteiger partial charge in [-0.3, -0.25) is 0 Å². The Morgan fingerprint density at radius 3 is 2.08 bits per heavy atom. The molecule has 0 atom stereocenters. The van der Waals surface area contributed by atoms with Gasteiger partial charge in [-0.1, -0.05) is 39.3 Å². The minimum atomic E-state index is -3.49. The Kier molecular flexibility index (Phi) is 6.82. The van der Waals surface area contributed by atoms with Crippen molar-refractivity contribution < 1.29 is 12.8 Å². The largest absolute Gasteiger partial charge is 0.411 e. The summed E-state index contributed by atoms with van der Waals surface area (Å²) in [5.41, 5.74) is 0.662. The first-order chi connectivity index (χ1) is 11.5. The molecular weight excluding hydrogens is 346 g/mol. The highest BCUT2D eigenvalue weighted by Crippen LogP contribution is 2.23. The lowest BCUT2D eigenvalue weighted by Gasteiger charge is -2.22. The van der Waals surface area contributed by atoms with Crippen LogP contribution in [0.4, 0.5) is 0 Å². The molecule has 0 N–H and O–H groups in total. The lowest BCUT2D eigenvalue weighted by molar-refractivity contribution is 0.395. The molecule has 0 spiro atoms. The number of aromatic nitrogens is 2. The summed E-state index contributed by atoms with van der Waals surface area (Å²) in [4.78, 5) is 0.282. The van der Waals surface area contributed by atoms with Crippen molar-refractivity contribution in [2.45, 2.75) is 49.6 Å². The van der Waals surface area contributed by atoms with Crippen molar-refractivity contribution in [3.8, 4) is 11.5 Å². The summed E-state index contributed by atoms with van der Waals surface area (Å²) in [7, 11) is -3.49. The molecule has 0 amide bonds. The molecule has 0 saturated carbocycles. The van der Waals surface area contributed by atoms with Gasteiger partial charge in [0.2, 0.25) is 15.9 Å². The fourth-order valence-electron chi connectivity index (χ4n) is 2.27. The van der Waals surface area contributed by atoms with E-state index in [2.05, 4.69) is 36.7 Å². The van der Waals surface area contributed by atoms with Crippen molar-refractivity contribution >= 4 is 22.7 Å². The quantitative estimate of drug-likeness (QED) is 0.683. The third-order valence-corrected chi connectivity index (χ3v) is 5.77. The summed E-state index contributed by atoms with van der Waals surface area (Å²) >= 11 is 3.97. The van der Waals surface area contributed by atoms with Gasteiger partial charge in [0.15, 0.2) is 0 Å². The molecule has 0 radical (unpaired) electrons. The van der Waals surface area contributed by atoms with E-state index in [4.69, 9.17) is 4.42 Å². The van der Waals surface area contributed by atoms with E-state index in [1.165, 1.54) is 0 Å². The monoisotopic (exact) mass is 369 g/mol. The van der Waals surface area contributed by atoms with Crippen molar-refractivity contribution in [1.29, 1.82) is 0 Å². The van der Waals surface area contributed by atoms with Gasteiger partial charge in [-0.05, 0) is 37.1 Å². The summed E-state index contributed by atoms with van der Waals surface area (Å²) < 4.78 is 32.5. The number of nitrogens with zero attached hydrogens (tertiary/aromatic N) is 3. The number of benzene rings is 1. The molecule has 0 aliphatic heterocycles. The molecule has 0 aliphatic carbocycles. The number of unbranched alkanes of at least 4 members (excludes halogenated alkanes) is 2. The Morgan fingerprint density at radius 2 is 1.62 bits per heavy atom. The average molecular weight is 370 g/mol. The molecule has 2 rings (SSSR count). The molecule has 1 aromatic heterocycles. The van der Waals surface area contributed by atoms with Gasteiger partial charge in [0.1, 0.15) is 0 Å². The summed E-state index contributed by atoms with van der Waals surface area (Å²) in [6.45, 7) is 5.21. The number of thiol groups is 1. The molecule has 0 saturated heterocycles. The Labute approximate surface area is 148 Å². The number of hydrogen-bond acceptors (Lipinski definition) is 6. The van der Waals surface area contributed by atoms with Crippen molar-refractivity contribution in [3.05, 3.63) is 24.3 Å². The maximum absolute atomic E-state index is 12.9. The average Bonchev–Trinajstić information content (AvgIpc) is 3.01. The lowest BCUT2D eigenvalue weighted by atomic mass is 10.2. The topological polar surface area (TPSA) is 76.3 Å². The van der Waals surface area contributed by atoms with Crippen LogP contribution >= 0.6 is 12.6 Å². The van der Waals surface area contributed by atoms with Crippen molar-refractivity contribution in [3.63, 3.8) is 0 Å². The first-order valence-electron chi connectivity index (χ1n) is 8.12. The van der Waals surface area contributed by atoms with Gasteiger partial charge in [-0.15, -0.1) is 10.2 Å². The number of sulfonamides is 1. The standard InChI is InChI=1S/C16H23N3O3S2/c1-3-5-11-19(12-6-4-2)24(20,21)14-9-7-13(8-10-14)15-17-18-16(23)22-15/h7-10H,3-6,11-12H2,1-2H3,(H,18,23). The summed E-state index contributed by atoms with van der Waals surface area (Å²) in [5.74, 6) is 0.317. The van der Waals surface area contributed by atoms with E-state index in [0.717, 1.165) is 25.7 Å². The molecule has 8 heteroatoms. The Bertz CT molecular complexity index is 734. The van der Waals surface area contributed by atoms with Crippen molar-refractivity contribution in [2.75, 3.05) is 13.1 Å². The van der Waals surface area contributed by atoms with Crippen LogP contribution in [-0.2, 0) is 10.0 Å². The van der Waals surface area contributed by atoms with Crippen LogP contribution in [0.15, 0.2) is 38.8 Å². The molecule has 132 valence electrons. The molecule has 1 aromatic carbocycles. The third kappa shape index (κ3) is 4.58. The number of hydrogen-bond donors (Lipinski definition) is 1. The van der Waals surface area contributed by atoms with E-state index in [1.807, 2.05) is 0 Å². The highest BCUT2D eigenvalue weighted by Gasteiger charge is 2.23. The van der Waals surface area contributed by atoms with Crippen LogP contribution in [0.5, 0.6) is 0 Å². The van der Waals surface area contributed by atoms with Gasteiger partial charge >= 0.3 is 0 Å². The minimum absolute atomic E-state index is 0.173. The van der Waals surface area contributed by atoms with Gasteiger partial charge < -0.3 is 4.42 Å². The third-order valence-electron chi connectivity index (χ3n) is 3.68. The molecule has 0 unspecified atom stereocenters. The Hall–Kier alpha value is -1.38. The first kappa shape index (κ1) is 19.0. The highest BCUT2D eigenvalue weighted by atomic mass is 32.2. The number of rotatable bonds is 9. The fraction of sp³-hybridized carbons (Fsp3) is 0.500. The van der Waals surface area contributed by atoms with Gasteiger partial charge in [-0.25, -0.2) is 8.42 Å². The zero-order valence-electron chi connectivity index (χ0n) is 14.0. The maximum atomic E-state index is 12.9. The van der Waals surface area contributed by atoms with E-state index < -0.39 is 10.0 Å². The lowest BCUT2D eigenvalue weighted by Crippen LogP contribution is -2.33. The van der Waals surface area contributed by atoms with Crippen molar-refractivity contribution in [1.82, 2.24) is 14.5 Å². The van der Waals surface area contributed by atoms with Crippen LogP contribution in [0.2, 0.25) is 0 Å². The normalized spacial score (nSPS) is 12.0. The SMILES string of the molecule is CCCCN(CCCC)S(=O)(=O)c1ccc(-c2nnc(S)o2)cc1. The fourth-order valence-corrected chi connectivity index (χ4v) is 3.92. The molecule has 0 bridgehead atoms. The van der Waals surface area contributed by atoms with Crippen LogP contribution in [0.3, 0.4) is 0 Å². The molecule has 2 aromatic rings. The summed E-state index contributed by atoms with van der Waals surface area (Å²) in [6.07, 6.45) is 3.63. The van der Waals surface area contributed by atoms with Gasteiger partial charge in [-0.2, -0.15) is 4.31 Å².